The lowest BCUT2D eigenvalue weighted by Gasteiger charge is -2.26. The fraction of sp³-hybridized carbons (Fsp3) is 0.360. The molecule has 1 amide bonds. The molecule has 1 atom stereocenters. The SMILES string of the molecule is Cc1cc(C)n(Cc2ccc(C(=O)N3CCCCCC3c3nnc(-c4ccccc4)o3)o2)n1. The summed E-state index contributed by atoms with van der Waals surface area (Å²) in [4.78, 5) is 15.3. The molecule has 0 aliphatic carbocycles. The van der Waals surface area contributed by atoms with E-state index >= 15 is 0 Å². The molecule has 1 fully saturated rings. The Hall–Kier alpha value is -3.68. The normalized spacial score (nSPS) is 16.7. The van der Waals surface area contributed by atoms with Crippen molar-refractivity contribution in [2.45, 2.75) is 52.1 Å². The maximum atomic E-state index is 13.5. The summed E-state index contributed by atoms with van der Waals surface area (Å²) < 4.78 is 13.8. The smallest absolute Gasteiger partial charge is 0.290 e. The van der Waals surface area contributed by atoms with Gasteiger partial charge in [-0.05, 0) is 57.0 Å². The van der Waals surface area contributed by atoms with Gasteiger partial charge in [-0.15, -0.1) is 10.2 Å². The van der Waals surface area contributed by atoms with E-state index in [-0.39, 0.29) is 11.9 Å². The summed E-state index contributed by atoms with van der Waals surface area (Å²) in [7, 11) is 0. The van der Waals surface area contributed by atoms with Crippen molar-refractivity contribution in [3.05, 3.63) is 77.3 Å². The predicted molar refractivity (Wildman–Crippen MR) is 121 cm³/mol. The summed E-state index contributed by atoms with van der Waals surface area (Å²) in [6.45, 7) is 5.08. The van der Waals surface area contributed by atoms with Crippen molar-refractivity contribution in [1.29, 1.82) is 0 Å². The average Bonchev–Trinajstić information content (AvgIpc) is 3.51. The fourth-order valence-electron chi connectivity index (χ4n) is 4.38. The van der Waals surface area contributed by atoms with Crippen LogP contribution >= 0.6 is 0 Å². The van der Waals surface area contributed by atoms with Crippen molar-refractivity contribution in [3.63, 3.8) is 0 Å². The van der Waals surface area contributed by atoms with Gasteiger partial charge < -0.3 is 13.7 Å². The molecule has 170 valence electrons. The number of nitrogens with zero attached hydrogens (tertiary/aromatic N) is 5. The molecule has 0 radical (unpaired) electrons. The predicted octanol–water partition coefficient (Wildman–Crippen LogP) is 4.95. The molecule has 4 aromatic rings. The molecule has 1 aromatic carbocycles. The number of furan rings is 1. The van der Waals surface area contributed by atoms with Gasteiger partial charge in [0.1, 0.15) is 11.8 Å². The van der Waals surface area contributed by atoms with Crippen LogP contribution < -0.4 is 0 Å². The van der Waals surface area contributed by atoms with E-state index in [4.69, 9.17) is 8.83 Å². The van der Waals surface area contributed by atoms with E-state index in [0.717, 1.165) is 42.6 Å². The zero-order chi connectivity index (χ0) is 22.8. The summed E-state index contributed by atoms with van der Waals surface area (Å²) in [5, 5.41) is 13.0. The molecule has 0 spiro atoms. The summed E-state index contributed by atoms with van der Waals surface area (Å²) in [5.74, 6) is 1.80. The number of amides is 1. The van der Waals surface area contributed by atoms with Gasteiger partial charge >= 0.3 is 0 Å². The van der Waals surface area contributed by atoms with Crippen LogP contribution in [0.25, 0.3) is 11.5 Å². The van der Waals surface area contributed by atoms with Gasteiger partial charge in [-0.1, -0.05) is 31.0 Å². The minimum Gasteiger partial charge on any atom is -0.454 e. The molecule has 8 heteroatoms. The Kier molecular flexibility index (Phi) is 5.81. The Morgan fingerprint density at radius 2 is 1.88 bits per heavy atom. The van der Waals surface area contributed by atoms with E-state index in [1.54, 1.807) is 6.07 Å². The zero-order valence-electron chi connectivity index (χ0n) is 18.9. The van der Waals surface area contributed by atoms with Crippen LogP contribution in [0.2, 0.25) is 0 Å². The van der Waals surface area contributed by atoms with Gasteiger partial charge in [0.05, 0.1) is 12.2 Å². The van der Waals surface area contributed by atoms with Crippen LogP contribution in [0.5, 0.6) is 0 Å². The second-order valence-corrected chi connectivity index (χ2v) is 8.53. The Morgan fingerprint density at radius 1 is 1.03 bits per heavy atom. The highest BCUT2D eigenvalue weighted by Gasteiger charge is 2.33. The molecule has 0 saturated carbocycles. The number of benzene rings is 1. The number of hydrogen-bond donors (Lipinski definition) is 0. The first-order valence-electron chi connectivity index (χ1n) is 11.4. The van der Waals surface area contributed by atoms with Gasteiger partial charge in [0, 0.05) is 17.8 Å². The molecule has 5 rings (SSSR count). The third kappa shape index (κ3) is 4.46. The molecule has 4 heterocycles. The minimum atomic E-state index is -0.269. The highest BCUT2D eigenvalue weighted by atomic mass is 16.4. The molecule has 0 bridgehead atoms. The van der Waals surface area contributed by atoms with E-state index in [1.807, 2.05) is 65.9 Å². The Bertz CT molecular complexity index is 1240. The van der Waals surface area contributed by atoms with Crippen LogP contribution in [-0.4, -0.2) is 37.3 Å². The summed E-state index contributed by atoms with van der Waals surface area (Å²) >= 11 is 0. The minimum absolute atomic E-state index is 0.152. The van der Waals surface area contributed by atoms with Gasteiger partial charge in [0.15, 0.2) is 5.76 Å². The third-order valence-corrected chi connectivity index (χ3v) is 6.04. The average molecular weight is 446 g/mol. The first-order valence-corrected chi connectivity index (χ1v) is 11.4. The topological polar surface area (TPSA) is 90.2 Å². The van der Waals surface area contributed by atoms with E-state index in [9.17, 15) is 4.79 Å². The number of likely N-dealkylation sites (tertiary alicyclic amines) is 1. The molecule has 0 N–H and O–H groups in total. The first kappa shape index (κ1) is 21.2. The van der Waals surface area contributed by atoms with Crippen molar-refractivity contribution < 1.29 is 13.6 Å². The monoisotopic (exact) mass is 445 g/mol. The summed E-state index contributed by atoms with van der Waals surface area (Å²) in [6.07, 6.45) is 3.77. The molecule has 1 saturated heterocycles. The highest BCUT2D eigenvalue weighted by Crippen LogP contribution is 2.32. The molecule has 1 aliphatic heterocycles. The van der Waals surface area contributed by atoms with Crippen molar-refractivity contribution in [2.75, 3.05) is 6.54 Å². The number of aryl methyl sites for hydroxylation is 2. The second kappa shape index (κ2) is 9.05. The standard InChI is InChI=1S/C25H27N5O3/c1-17-15-18(2)30(28-17)16-20-12-13-22(32-20)25(31)29-14-8-4-7-11-21(29)24-27-26-23(33-24)19-9-5-3-6-10-19/h3,5-6,9-10,12-13,15,21H,4,7-8,11,14,16H2,1-2H3. The van der Waals surface area contributed by atoms with Crippen LogP contribution in [0.4, 0.5) is 0 Å². The molecule has 3 aromatic heterocycles. The lowest BCUT2D eigenvalue weighted by Crippen LogP contribution is -2.34. The van der Waals surface area contributed by atoms with Crippen LogP contribution in [-0.2, 0) is 6.54 Å². The Labute approximate surface area is 192 Å². The molecule has 8 nitrogen and oxygen atoms in total. The van der Waals surface area contributed by atoms with Crippen LogP contribution in [0.1, 0.15) is 65.3 Å². The van der Waals surface area contributed by atoms with Crippen molar-refractivity contribution in [3.8, 4) is 11.5 Å². The Morgan fingerprint density at radius 3 is 2.67 bits per heavy atom. The molecular formula is C25H27N5O3. The number of hydrogen-bond acceptors (Lipinski definition) is 6. The van der Waals surface area contributed by atoms with Crippen molar-refractivity contribution >= 4 is 5.91 Å². The fourth-order valence-corrected chi connectivity index (χ4v) is 4.38. The van der Waals surface area contributed by atoms with Gasteiger partial charge in [0.2, 0.25) is 11.8 Å². The molecular weight excluding hydrogens is 418 g/mol. The number of carbonyl (C=O) groups is 1. The van der Waals surface area contributed by atoms with Gasteiger partial charge in [-0.2, -0.15) is 5.10 Å². The zero-order valence-corrected chi connectivity index (χ0v) is 18.9. The van der Waals surface area contributed by atoms with Crippen molar-refractivity contribution in [1.82, 2.24) is 24.9 Å². The first-order chi connectivity index (χ1) is 16.1. The van der Waals surface area contributed by atoms with E-state index in [2.05, 4.69) is 15.3 Å². The lowest BCUT2D eigenvalue weighted by atomic mass is 10.1. The van der Waals surface area contributed by atoms with Crippen LogP contribution in [0, 0.1) is 13.8 Å². The van der Waals surface area contributed by atoms with E-state index in [1.165, 1.54) is 0 Å². The van der Waals surface area contributed by atoms with Gasteiger partial charge in [-0.25, -0.2) is 0 Å². The summed E-state index contributed by atoms with van der Waals surface area (Å²) in [6, 6.07) is 15.0. The van der Waals surface area contributed by atoms with Crippen LogP contribution in [0.15, 0.2) is 57.4 Å². The highest BCUT2D eigenvalue weighted by molar-refractivity contribution is 5.91. The van der Waals surface area contributed by atoms with Gasteiger partial charge in [-0.3, -0.25) is 9.48 Å². The second-order valence-electron chi connectivity index (χ2n) is 8.53. The molecule has 33 heavy (non-hydrogen) atoms. The largest absolute Gasteiger partial charge is 0.454 e. The number of carbonyl (C=O) groups excluding carboxylic acids is 1. The Balaban J connectivity index is 1.37. The number of rotatable bonds is 5. The van der Waals surface area contributed by atoms with E-state index < -0.39 is 0 Å². The van der Waals surface area contributed by atoms with Crippen LogP contribution in [0.3, 0.4) is 0 Å². The third-order valence-electron chi connectivity index (χ3n) is 6.04. The summed E-state index contributed by atoms with van der Waals surface area (Å²) in [5.41, 5.74) is 2.87. The van der Waals surface area contributed by atoms with Crippen molar-refractivity contribution in [2.24, 2.45) is 0 Å². The quantitative estimate of drug-likeness (QED) is 0.432. The molecule has 1 aliphatic rings. The maximum absolute atomic E-state index is 13.5. The van der Waals surface area contributed by atoms with E-state index in [0.29, 0.717) is 36.4 Å². The maximum Gasteiger partial charge on any atom is 0.290 e. The lowest BCUT2D eigenvalue weighted by molar-refractivity contribution is 0.0618. The molecule has 1 unspecified atom stereocenters. The number of aromatic nitrogens is 4. The van der Waals surface area contributed by atoms with Gasteiger partial charge in [0.25, 0.3) is 5.91 Å².